The van der Waals surface area contributed by atoms with Crippen molar-refractivity contribution in [3.05, 3.63) is 129 Å². The molecule has 5 heterocycles. The third kappa shape index (κ3) is 14.4. The molecule has 8 rings (SSSR count). The van der Waals surface area contributed by atoms with Gasteiger partial charge in [-0.1, -0.05) is 81.4 Å². The number of piperazine rings is 1. The zero-order valence-corrected chi connectivity index (χ0v) is 49.3. The standard InChI is InChI=1S/C32H37N8O3.C13H13N2OS.C2H6.2CH3.Cs.Na/c1-20(2)30(32(42)34-3)28-17-29(37-43-28)40-18-23(19-40)39-14-12-38(13-15-39)22-10-8-21(9-11-22)25-16-26(35-36-31(25)33)24-6-4-5-7-27(24)41;1-9(14-7-16)11-3-5-12(6-4-11)13-10(2)15-8-17-13;1-2;;;;/h4-11,16-17,20,23,30,41H,3,12-15,18-19H2,1-2H3,(H2,33,36)(H,34,42);3-6,8-9H,1-2H3,(H,14,16);1-2H3;2*1H3;;/q2*-1;;2*-1;2*+1. The van der Waals surface area contributed by atoms with E-state index in [0.29, 0.717) is 28.9 Å². The molecule has 0 bridgehead atoms. The quantitative estimate of drug-likeness (QED) is 0.0802. The Bertz CT molecular complexity index is 2380. The number of phenolic OH excluding ortho intramolecular Hbond substituents is 1. The van der Waals surface area contributed by atoms with Crippen LogP contribution in [0.3, 0.4) is 0 Å². The number of nitrogens with zero attached hydrogens (tertiary/aromatic N) is 7. The smallest absolute Gasteiger partial charge is 0.524 e. The second kappa shape index (κ2) is 28.3. The number of hydrogen-bond donors (Lipinski definition) is 4. The van der Waals surface area contributed by atoms with E-state index < -0.39 is 5.92 Å². The van der Waals surface area contributed by atoms with Crippen molar-refractivity contribution in [2.24, 2.45) is 5.92 Å². The number of benzene rings is 3. The van der Waals surface area contributed by atoms with Gasteiger partial charge in [0.15, 0.2) is 17.4 Å². The Labute approximate surface area is 476 Å². The second-order valence-electron chi connectivity index (χ2n) is 15.4. The molecule has 2 fully saturated rings. The molecule has 2 unspecified atom stereocenters. The first-order valence-electron chi connectivity index (χ1n) is 21.0. The molecule has 2 aliphatic heterocycles. The van der Waals surface area contributed by atoms with E-state index in [1.165, 1.54) is 10.6 Å². The van der Waals surface area contributed by atoms with Gasteiger partial charge in [0, 0.05) is 74.2 Å². The Morgan fingerprint density at radius 2 is 1.55 bits per heavy atom. The van der Waals surface area contributed by atoms with Gasteiger partial charge < -0.3 is 55.4 Å². The minimum absolute atomic E-state index is 0. The number of aromatic hydroxyl groups is 1. The largest absolute Gasteiger partial charge is 1.00 e. The van der Waals surface area contributed by atoms with Crippen LogP contribution in [-0.4, -0.2) is 88.0 Å². The van der Waals surface area contributed by atoms with Crippen molar-refractivity contribution >= 4 is 41.0 Å². The van der Waals surface area contributed by atoms with Gasteiger partial charge in [-0.05, 0) is 66.8 Å². The minimum Gasteiger partial charge on any atom is -0.524 e. The van der Waals surface area contributed by atoms with Crippen molar-refractivity contribution in [3.8, 4) is 38.6 Å². The Morgan fingerprint density at radius 3 is 2.12 bits per heavy atom. The molecule has 2 amide bonds. The molecule has 2 saturated heterocycles. The molecule has 2 aliphatic rings. The van der Waals surface area contributed by atoms with E-state index in [0.717, 1.165) is 73.0 Å². The molecule has 6 aromatic rings. The number of nitrogens with one attached hydrogen (secondary N) is 2. The van der Waals surface area contributed by atoms with Gasteiger partial charge in [0.05, 0.1) is 27.7 Å². The minimum atomic E-state index is -0.405. The predicted molar refractivity (Wildman–Crippen MR) is 260 cm³/mol. The van der Waals surface area contributed by atoms with Crippen molar-refractivity contribution in [3.63, 3.8) is 0 Å². The average molecular weight is 1040 g/mol. The van der Waals surface area contributed by atoms with Crippen LogP contribution in [0.15, 0.2) is 95.0 Å². The summed E-state index contributed by atoms with van der Waals surface area (Å²) >= 11 is 1.64. The van der Waals surface area contributed by atoms with Crippen LogP contribution in [0.2, 0.25) is 0 Å². The second-order valence-corrected chi connectivity index (χ2v) is 16.2. The van der Waals surface area contributed by atoms with Crippen molar-refractivity contribution in [2.45, 2.75) is 59.5 Å². The molecule has 3 aromatic heterocycles. The Morgan fingerprint density at radius 1 is 0.909 bits per heavy atom. The van der Waals surface area contributed by atoms with E-state index in [1.54, 1.807) is 29.9 Å². The van der Waals surface area contributed by atoms with E-state index >= 15 is 0 Å². The summed E-state index contributed by atoms with van der Waals surface area (Å²) in [6, 6.07) is 27.8. The van der Waals surface area contributed by atoms with Crippen LogP contribution >= 0.6 is 11.3 Å². The topological polar surface area (TPSA) is 179 Å². The molecule has 0 aliphatic carbocycles. The summed E-state index contributed by atoms with van der Waals surface area (Å²) in [6.07, 6.45) is 1.71. The number of aryl methyl sites for hydroxylation is 1. The Kier molecular flexibility index (Phi) is 25.2. The number of anilines is 3. The van der Waals surface area contributed by atoms with Gasteiger partial charge in [-0.2, -0.15) is 6.41 Å². The third-order valence-corrected chi connectivity index (χ3v) is 12.2. The number of carbonyl (C=O) groups excluding carboxylic acids is 2. The van der Waals surface area contributed by atoms with E-state index in [-0.39, 0.29) is 137 Å². The number of hydrogen-bond acceptors (Lipinski definition) is 13. The first kappa shape index (κ1) is 58.9. The average Bonchev–Trinajstić information content (AvgIpc) is 3.94. The van der Waals surface area contributed by atoms with Gasteiger partial charge in [-0.15, -0.1) is 21.5 Å². The van der Waals surface area contributed by atoms with Gasteiger partial charge in [-0.3, -0.25) is 16.7 Å². The fourth-order valence-electron chi connectivity index (χ4n) is 7.64. The van der Waals surface area contributed by atoms with E-state index in [1.807, 2.05) is 83.5 Å². The van der Waals surface area contributed by atoms with E-state index in [4.69, 9.17) is 10.3 Å². The number of carbonyl (C=O) groups is 1. The maximum absolute atomic E-state index is 12.3. The first-order chi connectivity index (χ1) is 30.0. The molecule has 0 radical (unpaired) electrons. The number of para-hydroxylation sites is 1. The van der Waals surface area contributed by atoms with Crippen LogP contribution in [0, 0.1) is 34.7 Å². The molecule has 0 saturated carbocycles. The van der Waals surface area contributed by atoms with Crippen molar-refractivity contribution < 1.29 is 118 Å². The molecule has 17 heteroatoms. The summed E-state index contributed by atoms with van der Waals surface area (Å²) in [5.74, 6) is 1.37. The molecule has 66 heavy (non-hydrogen) atoms. The third-order valence-electron chi connectivity index (χ3n) is 11.2. The molecule has 0 spiro atoms. The van der Waals surface area contributed by atoms with Crippen LogP contribution < -0.4 is 125 Å². The summed E-state index contributed by atoms with van der Waals surface area (Å²) < 4.78 is 5.56. The number of thiazole rings is 1. The number of phenols is 1. The Balaban J connectivity index is 0.000000552. The van der Waals surface area contributed by atoms with E-state index in [2.05, 4.69) is 89.1 Å². The predicted octanol–water partition coefficient (Wildman–Crippen LogP) is 2.52. The van der Waals surface area contributed by atoms with Gasteiger partial charge in [-0.25, -0.2) is 4.98 Å². The van der Waals surface area contributed by atoms with Crippen LogP contribution in [0.1, 0.15) is 63.6 Å². The first-order valence-corrected chi connectivity index (χ1v) is 21.8. The molecular weight excluding hydrogens is 981 g/mol. The summed E-state index contributed by atoms with van der Waals surface area (Å²) in [5, 5.41) is 27.9. The van der Waals surface area contributed by atoms with Crippen molar-refractivity contribution in [1.29, 1.82) is 0 Å². The summed E-state index contributed by atoms with van der Waals surface area (Å²) in [4.78, 5) is 35.1. The van der Waals surface area contributed by atoms with Gasteiger partial charge in [0.1, 0.15) is 5.75 Å². The van der Waals surface area contributed by atoms with E-state index in [9.17, 15) is 14.7 Å². The normalized spacial score (nSPS) is 14.1. The molecule has 2 atom stereocenters. The molecule has 342 valence electrons. The van der Waals surface area contributed by atoms with Crippen LogP contribution in [0.4, 0.5) is 17.3 Å². The summed E-state index contributed by atoms with van der Waals surface area (Å²) in [5.41, 5.74) is 15.4. The van der Waals surface area contributed by atoms with Crippen LogP contribution in [0.5, 0.6) is 5.75 Å². The summed E-state index contributed by atoms with van der Waals surface area (Å²) in [6.45, 7) is 17.5. The number of aromatic nitrogens is 4. The van der Waals surface area contributed by atoms with Crippen LogP contribution in [0.25, 0.3) is 32.8 Å². The fourth-order valence-corrected chi connectivity index (χ4v) is 8.46. The monoisotopic (exact) mass is 1040 g/mol. The zero-order chi connectivity index (χ0) is 44.3. The number of rotatable bonds is 12. The van der Waals surface area contributed by atoms with Crippen molar-refractivity contribution in [2.75, 3.05) is 54.8 Å². The van der Waals surface area contributed by atoms with Gasteiger partial charge >= 0.3 is 98.5 Å². The maximum atomic E-state index is 12.3. The van der Waals surface area contributed by atoms with Gasteiger partial charge in [0.2, 0.25) is 5.91 Å². The van der Waals surface area contributed by atoms with Crippen molar-refractivity contribution in [1.82, 2.24) is 35.9 Å². The molecular formula is C49H62CsN10NaO4S-2. The number of nitrogen functional groups attached to an aromatic ring is 1. The molecule has 5 N–H and O–H groups in total. The Hall–Kier alpha value is -3.27. The summed E-state index contributed by atoms with van der Waals surface area (Å²) in [7, 11) is 3.51. The zero-order valence-electron chi connectivity index (χ0n) is 40.2. The molecule has 14 nitrogen and oxygen atoms in total. The molecule has 3 aromatic carbocycles. The number of amides is 2. The maximum Gasteiger partial charge on any atom is 1.00 e. The number of nitrogens with two attached hydrogens (primary N) is 1. The fraction of sp³-hybridized carbons (Fsp3) is 0.327. The van der Waals surface area contributed by atoms with Crippen LogP contribution in [-0.2, 0) is 9.59 Å². The van der Waals surface area contributed by atoms with Gasteiger partial charge in [0.25, 0.3) is 0 Å². The SMILES string of the molecule is CC.Cc1ncsc1-c1ccc(C(C)N[C-]=O)cc1.[CH2-]NC(=O)C(c1cc(N2CC(N3CCN(c4ccc(-c5cc(-c6ccccc6O)nnc5N)cc4)CC3)C2)no1)C(C)C.[CH3-].[CH3-].[Cs+].[Na+].